The van der Waals surface area contributed by atoms with Gasteiger partial charge < -0.3 is 25.2 Å². The highest BCUT2D eigenvalue weighted by molar-refractivity contribution is 5.89. The molecule has 2 rings (SSSR count). The van der Waals surface area contributed by atoms with Gasteiger partial charge in [-0.05, 0) is 37.1 Å². The van der Waals surface area contributed by atoms with E-state index >= 15 is 0 Å². The summed E-state index contributed by atoms with van der Waals surface area (Å²) < 4.78 is 10.1. The summed E-state index contributed by atoms with van der Waals surface area (Å²) in [6, 6.07) is 11.1. The van der Waals surface area contributed by atoms with E-state index in [9.17, 15) is 19.5 Å². The largest absolute Gasteiger partial charge is 0.480 e. The van der Waals surface area contributed by atoms with Gasteiger partial charge in [0.25, 0.3) is 0 Å². The van der Waals surface area contributed by atoms with Gasteiger partial charge in [0.1, 0.15) is 17.7 Å². The van der Waals surface area contributed by atoms with Gasteiger partial charge in [0.15, 0.2) is 0 Å². The lowest BCUT2D eigenvalue weighted by Crippen LogP contribution is -2.54. The fourth-order valence-electron chi connectivity index (χ4n) is 2.87. The first-order valence-electron chi connectivity index (χ1n) is 9.58. The number of carboxylic acid groups (broad SMARTS) is 1. The molecule has 0 radical (unpaired) electrons. The van der Waals surface area contributed by atoms with E-state index in [1.807, 2.05) is 42.5 Å². The monoisotopic (exact) mass is 416 g/mol. The van der Waals surface area contributed by atoms with Gasteiger partial charge in [-0.3, -0.25) is 4.79 Å². The Balaban J connectivity index is 2.09. The number of aliphatic carboxylic acids is 1. The van der Waals surface area contributed by atoms with Crippen molar-refractivity contribution < 1.29 is 29.0 Å². The van der Waals surface area contributed by atoms with Crippen LogP contribution in [-0.4, -0.2) is 54.5 Å². The Kier molecular flexibility index (Phi) is 7.77. The highest BCUT2D eigenvalue weighted by atomic mass is 16.6. The molecule has 0 aliphatic heterocycles. The summed E-state index contributed by atoms with van der Waals surface area (Å²) in [4.78, 5) is 36.4. The van der Waals surface area contributed by atoms with Crippen LogP contribution >= 0.6 is 0 Å². The van der Waals surface area contributed by atoms with Gasteiger partial charge in [-0.2, -0.15) is 0 Å². The molecule has 30 heavy (non-hydrogen) atoms. The normalized spacial score (nSPS) is 13.3. The van der Waals surface area contributed by atoms with Crippen molar-refractivity contribution in [2.24, 2.45) is 0 Å². The second-order valence-electron chi connectivity index (χ2n) is 7.94. The fraction of sp³-hybridized carbons (Fsp3) is 0.409. The predicted octanol–water partition coefficient (Wildman–Crippen LogP) is 2.49. The first-order chi connectivity index (χ1) is 14.1. The van der Waals surface area contributed by atoms with E-state index in [0.29, 0.717) is 0 Å². The maximum absolute atomic E-state index is 12.6. The number of carboxylic acids is 1. The topological polar surface area (TPSA) is 114 Å². The summed E-state index contributed by atoms with van der Waals surface area (Å²) in [6.45, 7) is 4.96. The fourth-order valence-corrected chi connectivity index (χ4v) is 2.87. The number of nitrogens with one attached hydrogen (secondary N) is 2. The van der Waals surface area contributed by atoms with Gasteiger partial charge in [0, 0.05) is 13.5 Å². The number of fused-ring (bicyclic) bond motifs is 1. The molecule has 3 N–H and O–H groups in total. The maximum Gasteiger partial charge on any atom is 0.408 e. The Morgan fingerprint density at radius 2 is 1.67 bits per heavy atom. The first kappa shape index (κ1) is 23.2. The molecule has 162 valence electrons. The van der Waals surface area contributed by atoms with Gasteiger partial charge >= 0.3 is 12.1 Å². The number of hydrogen-bond acceptors (Lipinski definition) is 5. The lowest BCUT2D eigenvalue weighted by molar-refractivity contribution is -0.142. The minimum absolute atomic E-state index is 0.0953. The molecule has 8 heteroatoms. The van der Waals surface area contributed by atoms with Crippen LogP contribution in [0.4, 0.5) is 4.79 Å². The van der Waals surface area contributed by atoms with Gasteiger partial charge in [0.05, 0.1) is 6.61 Å². The summed E-state index contributed by atoms with van der Waals surface area (Å²) in [7, 11) is 1.38. The number of carbonyl (C=O) groups excluding carboxylic acids is 2. The molecule has 0 aromatic heterocycles. The third-order valence-corrected chi connectivity index (χ3v) is 4.21. The van der Waals surface area contributed by atoms with Crippen LogP contribution < -0.4 is 10.6 Å². The molecular formula is C22H28N2O6. The number of carbonyl (C=O) groups is 3. The van der Waals surface area contributed by atoms with E-state index in [-0.39, 0.29) is 13.0 Å². The van der Waals surface area contributed by atoms with Crippen LogP contribution in [0.5, 0.6) is 0 Å². The van der Waals surface area contributed by atoms with Gasteiger partial charge in [-0.1, -0.05) is 42.5 Å². The van der Waals surface area contributed by atoms with Crippen LogP contribution in [0.1, 0.15) is 26.3 Å². The number of ether oxygens (including phenoxy) is 2. The highest BCUT2D eigenvalue weighted by Gasteiger charge is 2.28. The Hall–Kier alpha value is -3.13. The van der Waals surface area contributed by atoms with E-state index in [0.717, 1.165) is 16.3 Å². The number of methoxy groups -OCH3 is 1. The van der Waals surface area contributed by atoms with E-state index in [2.05, 4.69) is 10.6 Å². The number of hydrogen-bond donors (Lipinski definition) is 3. The third kappa shape index (κ3) is 7.04. The lowest BCUT2D eigenvalue weighted by atomic mass is 10.0. The standard InChI is InChI=1S/C22H28N2O6/c1-22(2,3)30-21(28)24-18(13-29-4)19(25)23-17(20(26)27)12-14-9-10-15-7-5-6-8-16(15)11-14/h5-11,17-18H,12-13H2,1-4H3,(H,23,25)(H,24,28)(H,26,27). The molecule has 0 heterocycles. The minimum atomic E-state index is -1.18. The molecule has 0 aliphatic carbocycles. The third-order valence-electron chi connectivity index (χ3n) is 4.21. The van der Waals surface area contributed by atoms with E-state index in [1.54, 1.807) is 20.8 Å². The summed E-state index contributed by atoms with van der Waals surface area (Å²) >= 11 is 0. The molecule has 2 aromatic carbocycles. The molecule has 0 bridgehead atoms. The van der Waals surface area contributed by atoms with E-state index in [1.165, 1.54) is 7.11 Å². The zero-order chi connectivity index (χ0) is 22.3. The molecule has 0 fully saturated rings. The average Bonchev–Trinajstić information content (AvgIpc) is 2.65. The van der Waals surface area contributed by atoms with Crippen molar-refractivity contribution in [3.05, 3.63) is 48.0 Å². The van der Waals surface area contributed by atoms with Crippen molar-refractivity contribution >= 4 is 28.7 Å². The number of alkyl carbamates (subject to hydrolysis) is 1. The van der Waals surface area contributed by atoms with Gasteiger partial charge in [-0.25, -0.2) is 9.59 Å². The molecule has 0 spiro atoms. The van der Waals surface area contributed by atoms with Crippen LogP contribution in [-0.2, 0) is 25.5 Å². The molecule has 0 aliphatic rings. The molecule has 2 aromatic rings. The van der Waals surface area contributed by atoms with Crippen molar-refractivity contribution in [2.45, 2.75) is 44.9 Å². The van der Waals surface area contributed by atoms with Crippen molar-refractivity contribution in [1.29, 1.82) is 0 Å². The van der Waals surface area contributed by atoms with Gasteiger partial charge in [-0.15, -0.1) is 0 Å². The second-order valence-corrected chi connectivity index (χ2v) is 7.94. The van der Waals surface area contributed by atoms with Gasteiger partial charge in [0.2, 0.25) is 5.91 Å². The summed E-state index contributed by atoms with van der Waals surface area (Å²) in [5, 5.41) is 16.5. The summed E-state index contributed by atoms with van der Waals surface area (Å²) in [6.07, 6.45) is -0.695. The molecule has 8 nitrogen and oxygen atoms in total. The second kappa shape index (κ2) is 10.1. The van der Waals surface area contributed by atoms with Crippen molar-refractivity contribution in [3.8, 4) is 0 Å². The Morgan fingerprint density at radius 3 is 2.27 bits per heavy atom. The maximum atomic E-state index is 12.6. The molecule has 0 saturated heterocycles. The predicted molar refractivity (Wildman–Crippen MR) is 112 cm³/mol. The SMILES string of the molecule is COCC(NC(=O)OC(C)(C)C)C(=O)NC(Cc1ccc2ccccc2c1)C(=O)O. The van der Waals surface area contributed by atoms with Crippen LogP contribution in [0.15, 0.2) is 42.5 Å². The summed E-state index contributed by atoms with van der Waals surface area (Å²) in [5.41, 5.74) is 0.0301. The first-order valence-corrected chi connectivity index (χ1v) is 9.58. The average molecular weight is 416 g/mol. The van der Waals surface area contributed by atoms with E-state index in [4.69, 9.17) is 9.47 Å². The van der Waals surface area contributed by atoms with Crippen LogP contribution in [0.2, 0.25) is 0 Å². The number of benzene rings is 2. The highest BCUT2D eigenvalue weighted by Crippen LogP contribution is 2.17. The number of amides is 2. The molecule has 2 unspecified atom stereocenters. The zero-order valence-corrected chi connectivity index (χ0v) is 17.6. The quantitative estimate of drug-likeness (QED) is 0.609. The van der Waals surface area contributed by atoms with Crippen LogP contribution in [0, 0.1) is 0 Å². The van der Waals surface area contributed by atoms with Crippen LogP contribution in [0.3, 0.4) is 0 Å². The smallest absolute Gasteiger partial charge is 0.408 e. The summed E-state index contributed by atoms with van der Waals surface area (Å²) in [5.74, 6) is -1.85. The Morgan fingerprint density at radius 1 is 1.00 bits per heavy atom. The minimum Gasteiger partial charge on any atom is -0.480 e. The van der Waals surface area contributed by atoms with Crippen molar-refractivity contribution in [2.75, 3.05) is 13.7 Å². The van der Waals surface area contributed by atoms with Crippen LogP contribution in [0.25, 0.3) is 10.8 Å². The lowest BCUT2D eigenvalue weighted by Gasteiger charge is -2.24. The molecule has 2 atom stereocenters. The Labute approximate surface area is 175 Å². The zero-order valence-electron chi connectivity index (χ0n) is 17.6. The van der Waals surface area contributed by atoms with Crippen molar-refractivity contribution in [3.63, 3.8) is 0 Å². The number of rotatable bonds is 8. The Bertz CT molecular complexity index is 906. The van der Waals surface area contributed by atoms with Crippen molar-refractivity contribution in [1.82, 2.24) is 10.6 Å². The van der Waals surface area contributed by atoms with E-state index < -0.39 is 35.7 Å². The molecular weight excluding hydrogens is 388 g/mol. The molecule has 2 amide bonds. The molecule has 0 saturated carbocycles.